The Labute approximate surface area is 114 Å². The molecule has 1 aromatic rings. The number of anilines is 2. The molecule has 2 N–H and O–H groups in total. The molecule has 0 radical (unpaired) electrons. The molecule has 1 saturated carbocycles. The van der Waals surface area contributed by atoms with Crippen molar-refractivity contribution in [2.45, 2.75) is 19.8 Å². The maximum atomic E-state index is 8.84. The summed E-state index contributed by atoms with van der Waals surface area (Å²) in [5, 5.41) is 8.84. The fourth-order valence-electron chi connectivity index (χ4n) is 1.80. The van der Waals surface area contributed by atoms with E-state index in [0.717, 1.165) is 5.82 Å². The van der Waals surface area contributed by atoms with Crippen LogP contribution in [0.1, 0.15) is 19.8 Å². The summed E-state index contributed by atoms with van der Waals surface area (Å²) in [6.07, 6.45) is 2.47. The number of rotatable bonds is 6. The molecule has 19 heavy (non-hydrogen) atoms. The van der Waals surface area contributed by atoms with Crippen LogP contribution in [0.2, 0.25) is 0 Å². The Kier molecular flexibility index (Phi) is 4.10. The quantitative estimate of drug-likeness (QED) is 0.847. The third-order valence-electron chi connectivity index (χ3n) is 3.19. The predicted molar refractivity (Wildman–Crippen MR) is 74.9 cm³/mol. The van der Waals surface area contributed by atoms with E-state index in [0.29, 0.717) is 30.6 Å². The summed E-state index contributed by atoms with van der Waals surface area (Å²) >= 11 is 0. The zero-order valence-corrected chi connectivity index (χ0v) is 11.5. The first kappa shape index (κ1) is 13.5. The van der Waals surface area contributed by atoms with Gasteiger partial charge in [-0.3, -0.25) is 0 Å². The molecule has 102 valence electrons. The van der Waals surface area contributed by atoms with E-state index in [9.17, 15) is 0 Å². The van der Waals surface area contributed by atoms with Crippen LogP contribution in [0.25, 0.3) is 0 Å². The lowest BCUT2D eigenvalue weighted by molar-refractivity contribution is 0.290. The number of nitriles is 1. The van der Waals surface area contributed by atoms with Crippen molar-refractivity contribution in [3.05, 3.63) is 12.1 Å². The molecule has 0 saturated heterocycles. The van der Waals surface area contributed by atoms with Gasteiger partial charge in [0, 0.05) is 13.6 Å². The van der Waals surface area contributed by atoms with E-state index in [1.54, 1.807) is 6.07 Å². The molecular formula is C14H20N4O. The van der Waals surface area contributed by atoms with Crippen LogP contribution in [-0.4, -0.2) is 25.2 Å². The average molecular weight is 260 g/mol. The van der Waals surface area contributed by atoms with Crippen LogP contribution in [-0.2, 0) is 0 Å². The van der Waals surface area contributed by atoms with E-state index in [4.69, 9.17) is 15.7 Å². The van der Waals surface area contributed by atoms with Crippen LogP contribution in [0.5, 0.6) is 5.88 Å². The Balaban J connectivity index is 2.03. The topological polar surface area (TPSA) is 75.2 Å². The monoisotopic (exact) mass is 260 g/mol. The molecule has 1 fully saturated rings. The zero-order chi connectivity index (χ0) is 13.8. The van der Waals surface area contributed by atoms with Crippen molar-refractivity contribution >= 4 is 11.5 Å². The van der Waals surface area contributed by atoms with Crippen molar-refractivity contribution in [1.29, 1.82) is 5.26 Å². The van der Waals surface area contributed by atoms with Gasteiger partial charge in [-0.2, -0.15) is 10.2 Å². The van der Waals surface area contributed by atoms with Gasteiger partial charge in [-0.25, -0.2) is 0 Å². The second-order valence-electron chi connectivity index (χ2n) is 5.23. The highest BCUT2D eigenvalue weighted by Gasteiger charge is 2.22. The van der Waals surface area contributed by atoms with Crippen molar-refractivity contribution in [2.24, 2.45) is 11.8 Å². The van der Waals surface area contributed by atoms with E-state index in [1.807, 2.05) is 24.9 Å². The molecule has 2 rings (SSSR count). The molecule has 0 spiro atoms. The van der Waals surface area contributed by atoms with Gasteiger partial charge in [0.15, 0.2) is 0 Å². The maximum absolute atomic E-state index is 8.84. The second-order valence-corrected chi connectivity index (χ2v) is 5.23. The summed E-state index contributed by atoms with van der Waals surface area (Å²) in [6, 6.07) is 5.87. The maximum Gasteiger partial charge on any atom is 0.239 e. The molecule has 0 aromatic carbocycles. The summed E-state index contributed by atoms with van der Waals surface area (Å²) in [4.78, 5) is 6.37. The van der Waals surface area contributed by atoms with Gasteiger partial charge in [0.25, 0.3) is 0 Å². The summed E-state index contributed by atoms with van der Waals surface area (Å²) in [6.45, 7) is 3.22. The third-order valence-corrected chi connectivity index (χ3v) is 3.19. The SMILES string of the molecule is CC(C#N)CN(C)c1ccc(N)c(OCC2CC2)n1. The number of ether oxygens (including phenoxy) is 1. The molecule has 1 heterocycles. The molecule has 5 nitrogen and oxygen atoms in total. The Morgan fingerprint density at radius 1 is 1.58 bits per heavy atom. The van der Waals surface area contributed by atoms with Crippen LogP contribution in [0.3, 0.4) is 0 Å². The van der Waals surface area contributed by atoms with Gasteiger partial charge in [0.1, 0.15) is 5.82 Å². The molecule has 0 bridgehead atoms. The van der Waals surface area contributed by atoms with Crippen LogP contribution < -0.4 is 15.4 Å². The fraction of sp³-hybridized carbons (Fsp3) is 0.571. The Morgan fingerprint density at radius 2 is 2.32 bits per heavy atom. The standard InChI is InChI=1S/C14H20N4O/c1-10(7-15)8-18(2)13-6-5-12(16)14(17-13)19-9-11-3-4-11/h5-6,10-11H,3-4,8-9,16H2,1-2H3. The minimum atomic E-state index is -0.0415. The summed E-state index contributed by atoms with van der Waals surface area (Å²) in [7, 11) is 1.91. The average Bonchev–Trinajstić information content (AvgIpc) is 3.21. The Hall–Kier alpha value is -1.96. The highest BCUT2D eigenvalue weighted by molar-refractivity contribution is 5.54. The van der Waals surface area contributed by atoms with E-state index < -0.39 is 0 Å². The van der Waals surface area contributed by atoms with Gasteiger partial charge in [0.05, 0.1) is 24.3 Å². The van der Waals surface area contributed by atoms with E-state index in [2.05, 4.69) is 11.1 Å². The normalized spacial score (nSPS) is 15.6. The fourth-order valence-corrected chi connectivity index (χ4v) is 1.80. The minimum absolute atomic E-state index is 0.0415. The molecule has 1 unspecified atom stereocenters. The lowest BCUT2D eigenvalue weighted by atomic mass is 10.2. The van der Waals surface area contributed by atoms with Crippen molar-refractivity contribution < 1.29 is 4.74 Å². The lowest BCUT2D eigenvalue weighted by Crippen LogP contribution is -2.24. The van der Waals surface area contributed by atoms with E-state index >= 15 is 0 Å². The van der Waals surface area contributed by atoms with Gasteiger partial charge >= 0.3 is 0 Å². The smallest absolute Gasteiger partial charge is 0.239 e. The molecule has 0 aliphatic heterocycles. The van der Waals surface area contributed by atoms with Crippen LogP contribution in [0.15, 0.2) is 12.1 Å². The molecule has 0 amide bonds. The first-order chi connectivity index (χ1) is 9.10. The Morgan fingerprint density at radius 3 is 2.95 bits per heavy atom. The largest absolute Gasteiger partial charge is 0.476 e. The van der Waals surface area contributed by atoms with Crippen molar-refractivity contribution in [3.8, 4) is 11.9 Å². The second kappa shape index (κ2) is 5.79. The number of nitrogens with two attached hydrogens (primary N) is 1. The van der Waals surface area contributed by atoms with Gasteiger partial charge in [-0.15, -0.1) is 0 Å². The first-order valence-electron chi connectivity index (χ1n) is 6.60. The van der Waals surface area contributed by atoms with Gasteiger partial charge in [-0.1, -0.05) is 0 Å². The molecule has 1 aromatic heterocycles. The van der Waals surface area contributed by atoms with E-state index in [1.165, 1.54) is 12.8 Å². The number of nitrogen functional groups attached to an aromatic ring is 1. The molecule has 1 aliphatic rings. The van der Waals surface area contributed by atoms with Gasteiger partial charge in [-0.05, 0) is 37.8 Å². The highest BCUT2D eigenvalue weighted by Crippen LogP contribution is 2.31. The first-order valence-corrected chi connectivity index (χ1v) is 6.60. The summed E-state index contributed by atoms with van der Waals surface area (Å²) in [5.41, 5.74) is 6.43. The summed E-state index contributed by atoms with van der Waals surface area (Å²) in [5.74, 6) is 1.91. The molecule has 5 heteroatoms. The number of hydrogen-bond donors (Lipinski definition) is 1. The number of nitrogens with zero attached hydrogens (tertiary/aromatic N) is 3. The lowest BCUT2D eigenvalue weighted by Gasteiger charge is -2.20. The molecule has 1 aliphatic carbocycles. The van der Waals surface area contributed by atoms with Gasteiger partial charge < -0.3 is 15.4 Å². The zero-order valence-electron chi connectivity index (χ0n) is 11.5. The van der Waals surface area contributed by atoms with Crippen molar-refractivity contribution in [3.63, 3.8) is 0 Å². The Bertz CT molecular complexity index is 479. The molecular weight excluding hydrogens is 240 g/mol. The van der Waals surface area contributed by atoms with Crippen molar-refractivity contribution in [2.75, 3.05) is 30.8 Å². The third kappa shape index (κ3) is 3.75. The van der Waals surface area contributed by atoms with Crippen molar-refractivity contribution in [1.82, 2.24) is 4.98 Å². The highest BCUT2D eigenvalue weighted by atomic mass is 16.5. The van der Waals surface area contributed by atoms with Crippen LogP contribution in [0.4, 0.5) is 11.5 Å². The van der Waals surface area contributed by atoms with E-state index in [-0.39, 0.29) is 5.92 Å². The number of aromatic nitrogens is 1. The number of pyridine rings is 1. The number of hydrogen-bond acceptors (Lipinski definition) is 5. The minimum Gasteiger partial charge on any atom is -0.476 e. The predicted octanol–water partition coefficient (Wildman–Crippen LogP) is 2.05. The van der Waals surface area contributed by atoms with Crippen LogP contribution >= 0.6 is 0 Å². The van der Waals surface area contributed by atoms with Gasteiger partial charge in [0.2, 0.25) is 5.88 Å². The molecule has 1 atom stereocenters. The van der Waals surface area contributed by atoms with Crippen LogP contribution in [0, 0.1) is 23.2 Å². The summed E-state index contributed by atoms with van der Waals surface area (Å²) < 4.78 is 5.66.